The van der Waals surface area contributed by atoms with Crippen molar-refractivity contribution in [2.75, 3.05) is 36.6 Å². The first-order valence-electron chi connectivity index (χ1n) is 12.8. The van der Waals surface area contributed by atoms with Crippen LogP contribution in [0.2, 0.25) is 0 Å². The minimum atomic E-state index is -0.259. The van der Waals surface area contributed by atoms with Gasteiger partial charge in [-0.1, -0.05) is 24.3 Å². The first-order valence-corrected chi connectivity index (χ1v) is 12.8. The number of aliphatic hydroxyl groups is 1. The van der Waals surface area contributed by atoms with Crippen molar-refractivity contribution in [2.24, 2.45) is 7.05 Å². The maximum atomic E-state index is 13.2. The Bertz CT molecular complexity index is 1910. The summed E-state index contributed by atoms with van der Waals surface area (Å²) in [6.07, 6.45) is 3.03. The first kappa shape index (κ1) is 25.8. The summed E-state index contributed by atoms with van der Waals surface area (Å²) in [5, 5.41) is 21.6. The number of ether oxygens (including phenoxy) is 1. The summed E-state index contributed by atoms with van der Waals surface area (Å²) < 4.78 is 9.19. The third-order valence-electron chi connectivity index (χ3n) is 6.81. The second kappa shape index (κ2) is 10.6. The molecule has 6 rings (SSSR count). The number of aryl methyl sites for hydroxylation is 1. The molecule has 2 aromatic carbocycles. The largest absolute Gasteiger partial charge is 0.495 e. The third-order valence-corrected chi connectivity index (χ3v) is 6.81. The van der Waals surface area contributed by atoms with E-state index in [9.17, 15) is 4.79 Å². The minimum Gasteiger partial charge on any atom is -0.495 e. The van der Waals surface area contributed by atoms with E-state index in [0.717, 1.165) is 10.9 Å². The Hall–Kier alpha value is -5.49. The molecule has 5 N–H and O–H groups in total. The molecule has 0 saturated heterocycles. The molecular weight excluding hydrogens is 522 g/mol. The van der Waals surface area contributed by atoms with Gasteiger partial charge in [-0.2, -0.15) is 5.10 Å². The number of aromatic nitrogens is 6. The van der Waals surface area contributed by atoms with Gasteiger partial charge < -0.3 is 30.8 Å². The number of amides is 1. The molecule has 0 radical (unpaired) electrons. The Kier molecular flexibility index (Phi) is 6.65. The lowest BCUT2D eigenvalue weighted by molar-refractivity contribution is 0.101. The molecule has 0 bridgehead atoms. The lowest BCUT2D eigenvalue weighted by Gasteiger charge is -2.12. The number of methoxy groups -OCH3 is 1. The highest BCUT2D eigenvalue weighted by Crippen LogP contribution is 2.36. The number of hydrogen-bond donors (Lipinski definition) is 4. The molecule has 0 aliphatic carbocycles. The van der Waals surface area contributed by atoms with Gasteiger partial charge >= 0.3 is 0 Å². The quantitative estimate of drug-likeness (QED) is 0.222. The van der Waals surface area contributed by atoms with E-state index >= 15 is 0 Å². The Morgan fingerprint density at radius 3 is 2.73 bits per heavy atom. The van der Waals surface area contributed by atoms with E-state index in [1.54, 1.807) is 35.1 Å². The van der Waals surface area contributed by atoms with E-state index in [2.05, 4.69) is 25.6 Å². The molecule has 0 saturated carbocycles. The van der Waals surface area contributed by atoms with Crippen LogP contribution in [0.1, 0.15) is 10.5 Å². The predicted octanol–water partition coefficient (Wildman–Crippen LogP) is 3.62. The molecule has 206 valence electrons. The van der Waals surface area contributed by atoms with Crippen LogP contribution in [0.25, 0.3) is 38.9 Å². The van der Waals surface area contributed by atoms with Gasteiger partial charge in [-0.3, -0.25) is 4.79 Å². The second-order valence-electron chi connectivity index (χ2n) is 9.28. The standard InChI is InChI=1S/C29H27N9O3/c1-37-21-6-4-3-5-17(21)13-22(37)29(40)35-20-8-7-18(14-23(20)41-2)26-25-27(30)33-16-34-28(25)38(36-26)19-9-10-31-24(15-19)32-11-12-39/h3-10,13-16,39H,11-12H2,1-2H3,(H,31,32)(H,35,40)(H2,30,33,34). The van der Waals surface area contributed by atoms with Gasteiger partial charge in [0.05, 0.1) is 30.5 Å². The van der Waals surface area contributed by atoms with E-state index in [0.29, 0.717) is 57.5 Å². The molecular formula is C29H27N9O3. The number of aliphatic hydroxyl groups excluding tert-OH is 1. The SMILES string of the molecule is COc1cc(-c2nn(-c3ccnc(NCCO)c3)c3ncnc(N)c23)ccc1NC(=O)c1cc2ccccc2n1C. The van der Waals surface area contributed by atoms with Crippen molar-refractivity contribution in [3.63, 3.8) is 0 Å². The van der Waals surface area contributed by atoms with Crippen LogP contribution in [-0.2, 0) is 7.05 Å². The number of nitrogen functional groups attached to an aromatic ring is 1. The Labute approximate surface area is 234 Å². The van der Waals surface area contributed by atoms with Crippen molar-refractivity contribution >= 4 is 45.2 Å². The van der Waals surface area contributed by atoms with Crippen molar-refractivity contribution in [1.82, 2.24) is 29.3 Å². The Balaban J connectivity index is 1.38. The monoisotopic (exact) mass is 549 g/mol. The molecule has 41 heavy (non-hydrogen) atoms. The minimum absolute atomic E-state index is 0.0231. The van der Waals surface area contributed by atoms with Gasteiger partial charge in [0.2, 0.25) is 0 Å². The van der Waals surface area contributed by atoms with E-state index in [1.165, 1.54) is 13.4 Å². The molecule has 0 atom stereocenters. The second-order valence-corrected chi connectivity index (χ2v) is 9.28. The number of carbonyl (C=O) groups is 1. The zero-order valence-electron chi connectivity index (χ0n) is 22.4. The maximum absolute atomic E-state index is 13.2. The molecule has 0 unspecified atom stereocenters. The number of anilines is 3. The predicted molar refractivity (Wildman–Crippen MR) is 157 cm³/mol. The van der Waals surface area contributed by atoms with Crippen molar-refractivity contribution in [1.29, 1.82) is 0 Å². The van der Waals surface area contributed by atoms with Gasteiger partial charge in [-0.05, 0) is 30.3 Å². The summed E-state index contributed by atoms with van der Waals surface area (Å²) in [7, 11) is 3.40. The van der Waals surface area contributed by atoms with Crippen LogP contribution in [0.3, 0.4) is 0 Å². The molecule has 0 aliphatic heterocycles. The Morgan fingerprint density at radius 1 is 1.07 bits per heavy atom. The number of hydrogen-bond acceptors (Lipinski definition) is 9. The smallest absolute Gasteiger partial charge is 0.272 e. The number of nitrogens with zero attached hydrogens (tertiary/aromatic N) is 6. The van der Waals surface area contributed by atoms with Crippen LogP contribution >= 0.6 is 0 Å². The molecule has 0 aliphatic rings. The van der Waals surface area contributed by atoms with Gasteiger partial charge in [0.15, 0.2) is 5.65 Å². The van der Waals surface area contributed by atoms with E-state index in [1.807, 2.05) is 48.0 Å². The fourth-order valence-corrected chi connectivity index (χ4v) is 4.82. The van der Waals surface area contributed by atoms with Crippen molar-refractivity contribution in [2.45, 2.75) is 0 Å². The first-order chi connectivity index (χ1) is 20.0. The highest BCUT2D eigenvalue weighted by atomic mass is 16.5. The lowest BCUT2D eigenvalue weighted by Crippen LogP contribution is -2.16. The molecule has 12 heteroatoms. The average Bonchev–Trinajstić information content (AvgIpc) is 3.56. The third kappa shape index (κ3) is 4.66. The summed E-state index contributed by atoms with van der Waals surface area (Å²) in [5.74, 6) is 1.05. The van der Waals surface area contributed by atoms with Crippen LogP contribution in [0.4, 0.5) is 17.3 Å². The number of para-hydroxylation sites is 1. The highest BCUT2D eigenvalue weighted by Gasteiger charge is 2.21. The van der Waals surface area contributed by atoms with Crippen LogP contribution in [0.15, 0.2) is 73.2 Å². The zero-order valence-corrected chi connectivity index (χ0v) is 22.4. The van der Waals surface area contributed by atoms with Gasteiger partial charge in [-0.15, -0.1) is 0 Å². The van der Waals surface area contributed by atoms with Crippen molar-refractivity contribution < 1.29 is 14.6 Å². The number of benzene rings is 2. The van der Waals surface area contributed by atoms with Crippen LogP contribution in [0, 0.1) is 0 Å². The lowest BCUT2D eigenvalue weighted by atomic mass is 10.1. The normalized spacial score (nSPS) is 11.2. The fourth-order valence-electron chi connectivity index (χ4n) is 4.82. The molecule has 4 heterocycles. The summed E-state index contributed by atoms with van der Waals surface area (Å²) >= 11 is 0. The van der Waals surface area contributed by atoms with E-state index in [4.69, 9.17) is 20.7 Å². The highest BCUT2D eigenvalue weighted by molar-refractivity contribution is 6.07. The van der Waals surface area contributed by atoms with Crippen molar-refractivity contribution in [3.05, 3.63) is 78.9 Å². The molecule has 0 fully saturated rings. The number of pyridine rings is 1. The van der Waals surface area contributed by atoms with Gasteiger partial charge in [0.1, 0.15) is 35.1 Å². The van der Waals surface area contributed by atoms with E-state index < -0.39 is 0 Å². The fraction of sp³-hybridized carbons (Fsp3) is 0.138. The van der Waals surface area contributed by atoms with Gasteiger partial charge in [0.25, 0.3) is 5.91 Å². The number of nitrogens with two attached hydrogens (primary N) is 1. The molecule has 6 aromatic rings. The van der Waals surface area contributed by atoms with Crippen LogP contribution < -0.4 is 21.1 Å². The Morgan fingerprint density at radius 2 is 1.93 bits per heavy atom. The van der Waals surface area contributed by atoms with Crippen LogP contribution in [-0.4, -0.2) is 60.6 Å². The molecule has 1 amide bonds. The molecule has 12 nitrogen and oxygen atoms in total. The van der Waals surface area contributed by atoms with Crippen molar-refractivity contribution in [3.8, 4) is 22.7 Å². The van der Waals surface area contributed by atoms with E-state index in [-0.39, 0.29) is 18.3 Å². The van der Waals surface area contributed by atoms with Crippen LogP contribution in [0.5, 0.6) is 5.75 Å². The number of carbonyl (C=O) groups excluding carboxylic acids is 1. The molecule has 0 spiro atoms. The number of nitrogens with one attached hydrogen (secondary N) is 2. The topological polar surface area (TPSA) is 158 Å². The number of rotatable bonds is 8. The summed E-state index contributed by atoms with van der Waals surface area (Å²) in [4.78, 5) is 26.2. The summed E-state index contributed by atoms with van der Waals surface area (Å²) in [5.41, 5.74) is 10.8. The zero-order chi connectivity index (χ0) is 28.5. The van der Waals surface area contributed by atoms with Gasteiger partial charge in [-0.25, -0.2) is 19.6 Å². The summed E-state index contributed by atoms with van der Waals surface area (Å²) in [6.45, 7) is 0.338. The number of fused-ring (bicyclic) bond motifs is 2. The average molecular weight is 550 g/mol. The summed E-state index contributed by atoms with van der Waals surface area (Å²) in [6, 6.07) is 18.7. The molecule has 4 aromatic heterocycles. The maximum Gasteiger partial charge on any atom is 0.272 e. The van der Waals surface area contributed by atoms with Gasteiger partial charge in [0, 0.05) is 42.3 Å².